The summed E-state index contributed by atoms with van der Waals surface area (Å²) in [7, 11) is -4.09. The van der Waals surface area contributed by atoms with Crippen molar-refractivity contribution < 1.29 is 23.2 Å². The van der Waals surface area contributed by atoms with E-state index in [1.807, 2.05) is 13.8 Å². The highest BCUT2D eigenvalue weighted by atomic mass is 32.2. The molecule has 0 bridgehead atoms. The molecule has 0 fully saturated rings. The van der Waals surface area contributed by atoms with Gasteiger partial charge in [-0.05, 0) is 50.2 Å². The maximum absolute atomic E-state index is 13.4. The number of hydrogen-bond donors (Lipinski definition) is 2. The highest BCUT2D eigenvalue weighted by Crippen LogP contribution is 2.24. The van der Waals surface area contributed by atoms with Crippen LogP contribution >= 0.6 is 0 Å². The fourth-order valence-electron chi connectivity index (χ4n) is 2.95. The van der Waals surface area contributed by atoms with Crippen LogP contribution in [0.3, 0.4) is 0 Å². The largest absolute Gasteiger partial charge is 0.481 e. The van der Waals surface area contributed by atoms with E-state index in [2.05, 4.69) is 28.6 Å². The van der Waals surface area contributed by atoms with E-state index in [0.717, 1.165) is 17.4 Å². The molecule has 0 heterocycles. The molecule has 0 radical (unpaired) electrons. The molecular formula is C23H33N3O5S. The number of rotatable bonds is 11. The van der Waals surface area contributed by atoms with E-state index in [9.17, 15) is 18.4 Å². The van der Waals surface area contributed by atoms with Gasteiger partial charge in [0.2, 0.25) is 10.0 Å². The van der Waals surface area contributed by atoms with Crippen LogP contribution in [0.15, 0.2) is 29.2 Å². The lowest BCUT2D eigenvalue weighted by atomic mass is 10.0. The second kappa shape index (κ2) is 13.8. The third kappa shape index (κ3) is 7.85. The fraction of sp³-hybridized carbons (Fsp3) is 0.522. The predicted octanol–water partition coefficient (Wildman–Crippen LogP) is 1.95. The van der Waals surface area contributed by atoms with Gasteiger partial charge in [0.15, 0.2) is 0 Å². The number of amides is 1. The number of nitrogens with one attached hydrogen (secondary N) is 1. The molecule has 0 aromatic heterocycles. The Labute approximate surface area is 191 Å². The normalized spacial score (nSPS) is 12.0. The number of ether oxygens (including phenoxy) is 1. The lowest BCUT2D eigenvalue weighted by Crippen LogP contribution is -2.51. The molecule has 0 saturated heterocycles. The van der Waals surface area contributed by atoms with Crippen molar-refractivity contribution in [3.05, 3.63) is 24.3 Å². The highest BCUT2D eigenvalue weighted by molar-refractivity contribution is 7.89. The number of carbonyl (C=O) groups is 1. The van der Waals surface area contributed by atoms with Gasteiger partial charge in [-0.3, -0.25) is 14.9 Å². The maximum Gasteiger partial charge on any atom is 0.262 e. The molecular weight excluding hydrogens is 430 g/mol. The summed E-state index contributed by atoms with van der Waals surface area (Å²) in [5.41, 5.74) is 1.58. The van der Waals surface area contributed by atoms with Gasteiger partial charge in [0.1, 0.15) is 18.4 Å². The molecule has 0 aliphatic rings. The van der Waals surface area contributed by atoms with Crippen molar-refractivity contribution in [2.24, 2.45) is 5.92 Å². The Kier molecular flexibility index (Phi) is 11.8. The van der Waals surface area contributed by atoms with Crippen LogP contribution in [-0.2, 0) is 14.8 Å². The van der Waals surface area contributed by atoms with Crippen molar-refractivity contribution in [2.75, 3.05) is 32.8 Å². The van der Waals surface area contributed by atoms with Crippen molar-refractivity contribution in [1.29, 1.82) is 0 Å². The standard InChI is InChI=1S/C23H33N3O5S/c1-6-9-18-31-20-12-14-21(15-13-20)32(29,30)26(22(19(4)5)23(27)24-28)17-11-10-16-25(7-2)8-3/h12-15,19,22,28H,7-8,16-18H2,1-5H3,(H,24,27). The fourth-order valence-corrected chi connectivity index (χ4v) is 4.57. The zero-order valence-corrected chi connectivity index (χ0v) is 20.2. The van der Waals surface area contributed by atoms with Gasteiger partial charge >= 0.3 is 0 Å². The highest BCUT2D eigenvalue weighted by Gasteiger charge is 2.37. The minimum Gasteiger partial charge on any atom is -0.481 e. The van der Waals surface area contributed by atoms with Crippen molar-refractivity contribution >= 4 is 15.9 Å². The van der Waals surface area contributed by atoms with Crippen molar-refractivity contribution in [2.45, 2.75) is 45.6 Å². The summed E-state index contributed by atoms with van der Waals surface area (Å²) in [4.78, 5) is 14.4. The molecule has 1 amide bonds. The Morgan fingerprint density at radius 2 is 1.69 bits per heavy atom. The van der Waals surface area contributed by atoms with Gasteiger partial charge in [-0.2, -0.15) is 4.31 Å². The smallest absolute Gasteiger partial charge is 0.262 e. The monoisotopic (exact) mass is 463 g/mol. The summed E-state index contributed by atoms with van der Waals surface area (Å²) < 4.78 is 33.3. The number of carbonyl (C=O) groups excluding carboxylic acids is 1. The average molecular weight is 464 g/mol. The van der Waals surface area contributed by atoms with Crippen LogP contribution in [0.2, 0.25) is 0 Å². The van der Waals surface area contributed by atoms with Crippen LogP contribution in [0.25, 0.3) is 0 Å². The zero-order valence-electron chi connectivity index (χ0n) is 19.4. The Hall–Kier alpha value is -2.56. The summed E-state index contributed by atoms with van der Waals surface area (Å²) in [6.45, 7) is 11.3. The molecule has 1 rings (SSSR count). The zero-order chi connectivity index (χ0) is 24.1. The van der Waals surface area contributed by atoms with E-state index in [0.29, 0.717) is 12.3 Å². The SMILES string of the molecule is CC#CCOc1ccc(S(=O)(=O)N(CC#CCN(CC)CC)C(C(=O)NO)C(C)C)cc1. The van der Waals surface area contributed by atoms with Gasteiger partial charge in [-0.15, -0.1) is 5.92 Å². The molecule has 1 atom stereocenters. The summed E-state index contributed by atoms with van der Waals surface area (Å²) in [5, 5.41) is 9.20. The molecule has 2 N–H and O–H groups in total. The van der Waals surface area contributed by atoms with Gasteiger partial charge in [0, 0.05) is 0 Å². The summed E-state index contributed by atoms with van der Waals surface area (Å²) in [6, 6.07) is 4.75. The minimum absolute atomic E-state index is 0.00615. The average Bonchev–Trinajstić information content (AvgIpc) is 2.78. The molecule has 1 unspecified atom stereocenters. The van der Waals surface area contributed by atoms with Crippen molar-refractivity contribution in [3.63, 3.8) is 0 Å². The van der Waals surface area contributed by atoms with Crippen LogP contribution in [0.1, 0.15) is 34.6 Å². The van der Waals surface area contributed by atoms with E-state index in [4.69, 9.17) is 4.74 Å². The Balaban J connectivity index is 3.27. The van der Waals surface area contributed by atoms with Gasteiger partial charge in [0.05, 0.1) is 18.0 Å². The van der Waals surface area contributed by atoms with E-state index < -0.39 is 27.9 Å². The van der Waals surface area contributed by atoms with Gasteiger partial charge in [-0.1, -0.05) is 45.5 Å². The van der Waals surface area contributed by atoms with E-state index in [1.165, 1.54) is 24.3 Å². The molecule has 1 aromatic carbocycles. The Morgan fingerprint density at radius 3 is 2.19 bits per heavy atom. The van der Waals surface area contributed by atoms with Crippen LogP contribution in [-0.4, -0.2) is 67.6 Å². The third-order valence-corrected chi connectivity index (χ3v) is 6.64. The van der Waals surface area contributed by atoms with Crippen molar-refractivity contribution in [3.8, 4) is 29.4 Å². The number of nitrogens with zero attached hydrogens (tertiary/aromatic N) is 2. The van der Waals surface area contributed by atoms with Crippen LogP contribution in [0.4, 0.5) is 0 Å². The second-order valence-corrected chi connectivity index (χ2v) is 9.11. The summed E-state index contributed by atoms with van der Waals surface area (Å²) in [6.07, 6.45) is 0. The predicted molar refractivity (Wildman–Crippen MR) is 123 cm³/mol. The maximum atomic E-state index is 13.4. The summed E-state index contributed by atoms with van der Waals surface area (Å²) in [5.74, 6) is 10.6. The number of sulfonamides is 1. The first-order valence-electron chi connectivity index (χ1n) is 10.5. The molecule has 176 valence electrons. The molecule has 0 saturated carbocycles. The van der Waals surface area contributed by atoms with E-state index >= 15 is 0 Å². The first-order chi connectivity index (χ1) is 15.2. The molecule has 1 aromatic rings. The number of hydrogen-bond acceptors (Lipinski definition) is 6. The lowest BCUT2D eigenvalue weighted by molar-refractivity contribution is -0.134. The van der Waals surface area contributed by atoms with Gasteiger partial charge < -0.3 is 4.74 Å². The molecule has 32 heavy (non-hydrogen) atoms. The molecule has 0 spiro atoms. The second-order valence-electron chi connectivity index (χ2n) is 7.22. The van der Waals surface area contributed by atoms with Gasteiger partial charge in [-0.25, -0.2) is 13.9 Å². The summed E-state index contributed by atoms with van der Waals surface area (Å²) >= 11 is 0. The van der Waals surface area contributed by atoms with E-state index in [-0.39, 0.29) is 18.0 Å². The lowest BCUT2D eigenvalue weighted by Gasteiger charge is -2.30. The minimum atomic E-state index is -4.09. The Bertz CT molecular complexity index is 949. The molecule has 8 nitrogen and oxygen atoms in total. The third-order valence-electron chi connectivity index (χ3n) is 4.80. The molecule has 9 heteroatoms. The number of hydroxylamine groups is 1. The quantitative estimate of drug-likeness (QED) is 0.296. The molecule has 0 aliphatic heterocycles. The van der Waals surface area contributed by atoms with Crippen LogP contribution in [0, 0.1) is 29.6 Å². The number of benzene rings is 1. The van der Waals surface area contributed by atoms with Crippen molar-refractivity contribution in [1.82, 2.24) is 14.7 Å². The topological polar surface area (TPSA) is 99.2 Å². The van der Waals surface area contributed by atoms with E-state index in [1.54, 1.807) is 26.3 Å². The first-order valence-corrected chi connectivity index (χ1v) is 11.9. The van der Waals surface area contributed by atoms with Crippen LogP contribution < -0.4 is 10.2 Å². The molecule has 0 aliphatic carbocycles. The Morgan fingerprint density at radius 1 is 1.09 bits per heavy atom. The first kappa shape index (κ1) is 27.5. The van der Waals surface area contributed by atoms with Gasteiger partial charge in [0.25, 0.3) is 5.91 Å². The van der Waals surface area contributed by atoms with Crippen LogP contribution in [0.5, 0.6) is 5.75 Å².